The van der Waals surface area contributed by atoms with Gasteiger partial charge in [-0.2, -0.15) is 0 Å². The van der Waals surface area contributed by atoms with Crippen LogP contribution >= 0.6 is 11.3 Å². The van der Waals surface area contributed by atoms with E-state index in [1.165, 1.54) is 5.56 Å². The normalized spacial score (nSPS) is 13.2. The van der Waals surface area contributed by atoms with E-state index >= 15 is 0 Å². The molecule has 1 N–H and O–H groups in total. The summed E-state index contributed by atoms with van der Waals surface area (Å²) in [5.41, 5.74) is 3.20. The molecule has 1 unspecified atom stereocenters. The molecular formula is C20H25NOS. The molecule has 1 amide bonds. The van der Waals surface area contributed by atoms with Crippen LogP contribution in [0.4, 0.5) is 0 Å². The molecule has 3 heteroatoms. The van der Waals surface area contributed by atoms with Gasteiger partial charge in [-0.15, -0.1) is 11.3 Å². The first-order valence-corrected chi connectivity index (χ1v) is 9.01. The van der Waals surface area contributed by atoms with E-state index in [2.05, 4.69) is 49.5 Å². The first-order chi connectivity index (χ1) is 11.0. The van der Waals surface area contributed by atoms with Crippen LogP contribution in [0.5, 0.6) is 0 Å². The summed E-state index contributed by atoms with van der Waals surface area (Å²) in [4.78, 5) is 13.6. The van der Waals surface area contributed by atoms with Crippen LogP contribution in [0.15, 0.2) is 53.4 Å². The lowest BCUT2D eigenvalue weighted by molar-refractivity contribution is -0.117. The minimum Gasteiger partial charge on any atom is -0.341 e. The van der Waals surface area contributed by atoms with Crippen LogP contribution in [0.2, 0.25) is 0 Å². The van der Waals surface area contributed by atoms with Crippen LogP contribution in [-0.4, -0.2) is 5.91 Å². The second kappa shape index (κ2) is 8.11. The molecule has 2 rings (SSSR count). The molecule has 1 aromatic heterocycles. The van der Waals surface area contributed by atoms with Gasteiger partial charge in [-0.25, -0.2) is 0 Å². The second-order valence-corrected chi connectivity index (χ2v) is 7.02. The SMILES string of the molecule is CC/C=C(/C)C(=O)NC(c1ccc(C(C)C)cc1)c1cccs1. The number of allylic oxidation sites excluding steroid dienone is 1. The van der Waals surface area contributed by atoms with Crippen LogP contribution in [-0.2, 0) is 4.79 Å². The molecule has 0 bridgehead atoms. The van der Waals surface area contributed by atoms with E-state index in [4.69, 9.17) is 0 Å². The quantitative estimate of drug-likeness (QED) is 0.704. The topological polar surface area (TPSA) is 29.1 Å². The van der Waals surface area contributed by atoms with Gasteiger partial charge in [-0.05, 0) is 41.8 Å². The van der Waals surface area contributed by atoms with Crippen molar-refractivity contribution in [3.05, 3.63) is 69.4 Å². The van der Waals surface area contributed by atoms with E-state index in [9.17, 15) is 4.79 Å². The van der Waals surface area contributed by atoms with Gasteiger partial charge in [0.25, 0.3) is 0 Å². The number of rotatable bonds is 6. The van der Waals surface area contributed by atoms with Gasteiger partial charge < -0.3 is 5.32 Å². The highest BCUT2D eigenvalue weighted by atomic mass is 32.1. The van der Waals surface area contributed by atoms with Crippen molar-refractivity contribution in [3.63, 3.8) is 0 Å². The molecule has 0 spiro atoms. The Morgan fingerprint density at radius 1 is 1.17 bits per heavy atom. The minimum absolute atomic E-state index is 0.00168. The first kappa shape index (κ1) is 17.5. The summed E-state index contributed by atoms with van der Waals surface area (Å²) in [5, 5.41) is 5.22. The molecule has 2 aromatic rings. The molecule has 2 nitrogen and oxygen atoms in total. The van der Waals surface area contributed by atoms with Gasteiger partial charge in [-0.1, -0.05) is 57.2 Å². The number of carbonyl (C=O) groups excluding carboxylic acids is 1. The van der Waals surface area contributed by atoms with E-state index in [0.717, 1.165) is 22.4 Å². The summed E-state index contributed by atoms with van der Waals surface area (Å²) < 4.78 is 0. The Labute approximate surface area is 143 Å². The lowest BCUT2D eigenvalue weighted by Crippen LogP contribution is -2.29. The zero-order valence-corrected chi connectivity index (χ0v) is 15.1. The predicted octanol–water partition coefficient (Wildman–Crippen LogP) is 5.43. The fourth-order valence-corrected chi connectivity index (χ4v) is 3.29. The average molecular weight is 327 g/mol. The van der Waals surface area contributed by atoms with Crippen LogP contribution < -0.4 is 5.32 Å². The third kappa shape index (κ3) is 4.55. The monoisotopic (exact) mass is 327 g/mol. The van der Waals surface area contributed by atoms with Crippen LogP contribution in [0.25, 0.3) is 0 Å². The highest BCUT2D eigenvalue weighted by Gasteiger charge is 2.18. The Bertz CT molecular complexity index is 653. The molecule has 1 heterocycles. The third-order valence-electron chi connectivity index (χ3n) is 3.91. The number of hydrogen-bond acceptors (Lipinski definition) is 2. The summed E-state index contributed by atoms with van der Waals surface area (Å²) in [7, 11) is 0. The van der Waals surface area contributed by atoms with Crippen LogP contribution in [0, 0.1) is 0 Å². The standard InChI is InChI=1S/C20H25NOS/c1-5-7-15(4)20(22)21-19(18-8-6-13-23-18)17-11-9-16(10-12-17)14(2)3/h6-14,19H,5H2,1-4H3,(H,21,22)/b15-7-. The molecule has 0 aliphatic rings. The van der Waals surface area contributed by atoms with Crippen molar-refractivity contribution in [3.8, 4) is 0 Å². The van der Waals surface area contributed by atoms with E-state index < -0.39 is 0 Å². The number of hydrogen-bond donors (Lipinski definition) is 1. The summed E-state index contributed by atoms with van der Waals surface area (Å²) in [6.07, 6.45) is 2.83. The Hall–Kier alpha value is -1.87. The largest absolute Gasteiger partial charge is 0.341 e. The lowest BCUT2D eigenvalue weighted by atomic mass is 9.98. The Balaban J connectivity index is 2.28. The summed E-state index contributed by atoms with van der Waals surface area (Å²) in [6.45, 7) is 8.28. The zero-order valence-electron chi connectivity index (χ0n) is 14.3. The second-order valence-electron chi connectivity index (χ2n) is 6.04. The molecule has 122 valence electrons. The van der Waals surface area contributed by atoms with Gasteiger partial charge in [0.15, 0.2) is 0 Å². The van der Waals surface area contributed by atoms with Crippen LogP contribution in [0.1, 0.15) is 62.1 Å². The molecule has 0 saturated carbocycles. The van der Waals surface area contributed by atoms with Gasteiger partial charge in [0, 0.05) is 10.5 Å². The smallest absolute Gasteiger partial charge is 0.247 e. The van der Waals surface area contributed by atoms with Gasteiger partial charge >= 0.3 is 0 Å². The maximum absolute atomic E-state index is 12.4. The maximum Gasteiger partial charge on any atom is 0.247 e. The number of nitrogens with one attached hydrogen (secondary N) is 1. The van der Waals surface area contributed by atoms with Crippen molar-refractivity contribution < 1.29 is 4.79 Å². The lowest BCUT2D eigenvalue weighted by Gasteiger charge is -2.19. The summed E-state index contributed by atoms with van der Waals surface area (Å²) in [6, 6.07) is 12.6. The molecule has 23 heavy (non-hydrogen) atoms. The fourth-order valence-electron chi connectivity index (χ4n) is 2.49. The molecule has 0 aliphatic heterocycles. The first-order valence-electron chi connectivity index (χ1n) is 8.13. The van der Waals surface area contributed by atoms with Gasteiger partial charge in [-0.3, -0.25) is 4.79 Å². The zero-order chi connectivity index (χ0) is 16.8. The van der Waals surface area contributed by atoms with Crippen molar-refractivity contribution in [2.75, 3.05) is 0 Å². The van der Waals surface area contributed by atoms with E-state index in [1.54, 1.807) is 11.3 Å². The predicted molar refractivity (Wildman–Crippen MR) is 98.9 cm³/mol. The van der Waals surface area contributed by atoms with Crippen molar-refractivity contribution in [1.29, 1.82) is 0 Å². The Morgan fingerprint density at radius 3 is 2.35 bits per heavy atom. The third-order valence-corrected chi connectivity index (χ3v) is 4.85. The van der Waals surface area contributed by atoms with Gasteiger partial charge in [0.2, 0.25) is 5.91 Å². The Kier molecular flexibility index (Phi) is 6.17. The number of thiophene rings is 1. The Morgan fingerprint density at radius 2 is 1.83 bits per heavy atom. The minimum atomic E-state index is -0.0936. The molecular weight excluding hydrogens is 302 g/mol. The highest BCUT2D eigenvalue weighted by Crippen LogP contribution is 2.27. The molecule has 0 fully saturated rings. The molecule has 0 aliphatic carbocycles. The summed E-state index contributed by atoms with van der Waals surface area (Å²) >= 11 is 1.67. The van der Waals surface area contributed by atoms with Crippen molar-refractivity contribution >= 4 is 17.2 Å². The van der Waals surface area contributed by atoms with E-state index in [0.29, 0.717) is 5.92 Å². The van der Waals surface area contributed by atoms with Crippen molar-refractivity contribution in [1.82, 2.24) is 5.32 Å². The van der Waals surface area contributed by atoms with Crippen molar-refractivity contribution in [2.45, 2.75) is 46.1 Å². The maximum atomic E-state index is 12.4. The average Bonchev–Trinajstić information content (AvgIpc) is 3.06. The van der Waals surface area contributed by atoms with Gasteiger partial charge in [0.1, 0.15) is 0 Å². The molecule has 0 radical (unpaired) electrons. The number of amides is 1. The highest BCUT2D eigenvalue weighted by molar-refractivity contribution is 7.10. The number of carbonyl (C=O) groups is 1. The van der Waals surface area contributed by atoms with E-state index in [-0.39, 0.29) is 11.9 Å². The van der Waals surface area contributed by atoms with Crippen LogP contribution in [0.3, 0.4) is 0 Å². The van der Waals surface area contributed by atoms with E-state index in [1.807, 2.05) is 31.4 Å². The molecule has 1 atom stereocenters. The fraction of sp³-hybridized carbons (Fsp3) is 0.350. The summed E-state index contributed by atoms with van der Waals surface area (Å²) in [5.74, 6) is 0.506. The number of benzene rings is 1. The molecule has 0 saturated heterocycles. The van der Waals surface area contributed by atoms with Gasteiger partial charge in [0.05, 0.1) is 6.04 Å². The van der Waals surface area contributed by atoms with Crippen molar-refractivity contribution in [2.24, 2.45) is 0 Å². The molecule has 1 aromatic carbocycles.